The Morgan fingerprint density at radius 2 is 2.23 bits per heavy atom. The third-order valence-corrected chi connectivity index (χ3v) is 4.82. The lowest BCUT2D eigenvalue weighted by Crippen LogP contribution is -2.10. The summed E-state index contributed by atoms with van der Waals surface area (Å²) in [6.45, 7) is 0.479. The fourth-order valence-corrected chi connectivity index (χ4v) is 3.31. The predicted octanol–water partition coefficient (Wildman–Crippen LogP) is 3.20. The maximum atomic E-state index is 13.3. The molecule has 1 N–H and O–H groups in total. The molecule has 4 rings (SSSR count). The first-order valence-electron chi connectivity index (χ1n) is 7.22. The third-order valence-electron chi connectivity index (χ3n) is 4.82. The van der Waals surface area contributed by atoms with Crippen LogP contribution in [0.3, 0.4) is 0 Å². The highest BCUT2D eigenvalue weighted by Crippen LogP contribution is 2.79. The molecule has 1 aromatic heterocycles. The van der Waals surface area contributed by atoms with Gasteiger partial charge in [0.15, 0.2) is 0 Å². The van der Waals surface area contributed by atoms with E-state index >= 15 is 0 Å². The summed E-state index contributed by atoms with van der Waals surface area (Å²) < 4.78 is 28.1. The molecule has 0 radical (unpaired) electrons. The number of nitriles is 1. The first kappa shape index (κ1) is 13.3. The Morgan fingerprint density at radius 3 is 2.82 bits per heavy atom. The molecule has 2 atom stereocenters. The van der Waals surface area contributed by atoms with Gasteiger partial charge in [-0.2, -0.15) is 10.4 Å². The maximum Gasteiger partial charge on any atom is 0.255 e. The summed E-state index contributed by atoms with van der Waals surface area (Å²) in [4.78, 5) is 0. The molecule has 2 aliphatic rings. The molecule has 2 fully saturated rings. The highest BCUT2D eigenvalue weighted by molar-refractivity contribution is 5.66. The lowest BCUT2D eigenvalue weighted by atomic mass is 10.1. The summed E-state index contributed by atoms with van der Waals surface area (Å²) in [5, 5.41) is 16.7. The average Bonchev–Trinajstić information content (AvgIpc) is 3.20. The molecule has 22 heavy (non-hydrogen) atoms. The van der Waals surface area contributed by atoms with Gasteiger partial charge in [-0.1, -0.05) is 6.07 Å². The van der Waals surface area contributed by atoms with Gasteiger partial charge in [0.25, 0.3) is 5.92 Å². The molecular weight excluding hydrogens is 286 g/mol. The number of nitrogens with zero attached hydrogens (tertiary/aromatic N) is 3. The van der Waals surface area contributed by atoms with Gasteiger partial charge >= 0.3 is 0 Å². The van der Waals surface area contributed by atoms with Crippen LogP contribution in [0.5, 0.6) is 0 Å². The zero-order chi connectivity index (χ0) is 15.4. The summed E-state index contributed by atoms with van der Waals surface area (Å²) >= 11 is 0. The van der Waals surface area contributed by atoms with Crippen molar-refractivity contribution < 1.29 is 8.78 Å². The molecule has 6 heteroatoms. The van der Waals surface area contributed by atoms with Crippen LogP contribution in [0.2, 0.25) is 0 Å². The largest absolute Gasteiger partial charge is 0.384 e. The van der Waals surface area contributed by atoms with Gasteiger partial charge in [-0.05, 0) is 30.5 Å². The predicted molar refractivity (Wildman–Crippen MR) is 76.9 cm³/mol. The Morgan fingerprint density at radius 1 is 1.41 bits per heavy atom. The summed E-state index contributed by atoms with van der Waals surface area (Å²) in [6, 6.07) is 9.39. The van der Waals surface area contributed by atoms with E-state index in [4.69, 9.17) is 0 Å². The molecular formula is C16H14F2N4. The molecule has 0 saturated heterocycles. The van der Waals surface area contributed by atoms with Gasteiger partial charge in [0.2, 0.25) is 0 Å². The van der Waals surface area contributed by atoms with Crippen molar-refractivity contribution in [1.29, 1.82) is 5.26 Å². The molecule has 1 spiro atoms. The monoisotopic (exact) mass is 300 g/mol. The topological polar surface area (TPSA) is 53.6 Å². The van der Waals surface area contributed by atoms with Crippen molar-refractivity contribution in [3.05, 3.63) is 42.2 Å². The van der Waals surface area contributed by atoms with Crippen LogP contribution in [0.4, 0.5) is 14.5 Å². The standard InChI is InChI=1S/C16H14F2N4/c17-16(18)10-15(16)7-11(15)9-20-13-3-1-4-14(12(13)8-19)22-6-2-5-21-22/h1-6,11,20H,7,9-10H2. The smallest absolute Gasteiger partial charge is 0.255 e. The number of alkyl halides is 2. The van der Waals surface area contributed by atoms with Crippen molar-refractivity contribution in [2.45, 2.75) is 18.8 Å². The maximum absolute atomic E-state index is 13.3. The van der Waals surface area contributed by atoms with E-state index in [-0.39, 0.29) is 12.3 Å². The zero-order valence-corrected chi connectivity index (χ0v) is 11.8. The van der Waals surface area contributed by atoms with E-state index in [0.29, 0.717) is 29.9 Å². The van der Waals surface area contributed by atoms with Gasteiger partial charge in [0.1, 0.15) is 11.6 Å². The van der Waals surface area contributed by atoms with Gasteiger partial charge in [-0.15, -0.1) is 0 Å². The van der Waals surface area contributed by atoms with E-state index in [2.05, 4.69) is 16.5 Å². The number of hydrogen-bond donors (Lipinski definition) is 1. The second kappa shape index (κ2) is 4.29. The Kier molecular flexibility index (Phi) is 2.59. The fourth-order valence-electron chi connectivity index (χ4n) is 3.31. The average molecular weight is 300 g/mol. The Hall–Kier alpha value is -2.42. The van der Waals surface area contributed by atoms with Crippen molar-refractivity contribution in [3.63, 3.8) is 0 Å². The number of halogens is 2. The van der Waals surface area contributed by atoms with Gasteiger partial charge in [-0.25, -0.2) is 13.5 Å². The first-order chi connectivity index (χ1) is 10.6. The van der Waals surface area contributed by atoms with E-state index in [1.54, 1.807) is 29.2 Å². The van der Waals surface area contributed by atoms with Crippen molar-refractivity contribution in [1.82, 2.24) is 9.78 Å². The molecule has 2 aromatic rings. The van der Waals surface area contributed by atoms with Gasteiger partial charge < -0.3 is 5.32 Å². The normalized spacial score (nSPS) is 27.4. The lowest BCUT2D eigenvalue weighted by Gasteiger charge is -2.11. The molecule has 2 unspecified atom stereocenters. The molecule has 0 aliphatic heterocycles. The second-order valence-electron chi connectivity index (χ2n) is 6.08. The van der Waals surface area contributed by atoms with Crippen molar-refractivity contribution in [2.75, 3.05) is 11.9 Å². The fraction of sp³-hybridized carbons (Fsp3) is 0.375. The zero-order valence-electron chi connectivity index (χ0n) is 11.8. The number of rotatable bonds is 4. The quantitative estimate of drug-likeness (QED) is 0.943. The van der Waals surface area contributed by atoms with Crippen LogP contribution in [0.1, 0.15) is 18.4 Å². The summed E-state index contributed by atoms with van der Waals surface area (Å²) in [5.74, 6) is -2.48. The highest BCUT2D eigenvalue weighted by atomic mass is 19.3. The van der Waals surface area contributed by atoms with Crippen LogP contribution in [-0.4, -0.2) is 22.2 Å². The number of hydrogen-bond acceptors (Lipinski definition) is 3. The van der Waals surface area contributed by atoms with Crippen LogP contribution in [0, 0.1) is 22.7 Å². The minimum Gasteiger partial charge on any atom is -0.384 e. The Labute approximate surface area is 126 Å². The molecule has 1 heterocycles. The Balaban J connectivity index is 1.53. The van der Waals surface area contributed by atoms with E-state index in [9.17, 15) is 14.0 Å². The number of aromatic nitrogens is 2. The molecule has 4 nitrogen and oxygen atoms in total. The van der Waals surface area contributed by atoms with Crippen molar-refractivity contribution >= 4 is 5.69 Å². The van der Waals surface area contributed by atoms with E-state index in [1.807, 2.05) is 12.1 Å². The number of nitrogens with one attached hydrogen (secondary N) is 1. The van der Waals surface area contributed by atoms with Gasteiger partial charge in [0, 0.05) is 30.8 Å². The van der Waals surface area contributed by atoms with E-state index in [0.717, 1.165) is 0 Å². The summed E-state index contributed by atoms with van der Waals surface area (Å²) in [6.07, 6.45) is 4.00. The third kappa shape index (κ3) is 1.82. The number of anilines is 1. The minimum atomic E-state index is -2.48. The van der Waals surface area contributed by atoms with Gasteiger partial charge in [0.05, 0.1) is 11.4 Å². The molecule has 2 saturated carbocycles. The number of benzene rings is 1. The minimum absolute atomic E-state index is 0.00222. The molecule has 0 amide bonds. The second-order valence-corrected chi connectivity index (χ2v) is 6.08. The SMILES string of the molecule is N#Cc1c(NCC2CC23CC3(F)F)cccc1-n1cccn1. The highest BCUT2D eigenvalue weighted by Gasteiger charge is 2.82. The van der Waals surface area contributed by atoms with Crippen LogP contribution in [0.15, 0.2) is 36.7 Å². The van der Waals surface area contributed by atoms with Crippen LogP contribution in [0.25, 0.3) is 5.69 Å². The lowest BCUT2D eigenvalue weighted by molar-refractivity contribution is 0.0897. The van der Waals surface area contributed by atoms with Crippen molar-refractivity contribution in [3.8, 4) is 11.8 Å². The summed E-state index contributed by atoms with van der Waals surface area (Å²) in [7, 11) is 0. The molecule has 2 aliphatic carbocycles. The van der Waals surface area contributed by atoms with Crippen LogP contribution >= 0.6 is 0 Å². The first-order valence-corrected chi connectivity index (χ1v) is 7.22. The Bertz CT molecular complexity index is 763. The molecule has 1 aromatic carbocycles. The van der Waals surface area contributed by atoms with Gasteiger partial charge in [-0.3, -0.25) is 0 Å². The van der Waals surface area contributed by atoms with Crippen LogP contribution < -0.4 is 5.32 Å². The summed E-state index contributed by atoms with van der Waals surface area (Å²) in [5.41, 5.74) is 1.08. The van der Waals surface area contributed by atoms with E-state index < -0.39 is 11.3 Å². The van der Waals surface area contributed by atoms with Crippen molar-refractivity contribution in [2.24, 2.45) is 11.3 Å². The molecule has 0 bridgehead atoms. The van der Waals surface area contributed by atoms with Crippen LogP contribution in [-0.2, 0) is 0 Å². The molecule has 112 valence electrons. The van der Waals surface area contributed by atoms with E-state index in [1.165, 1.54) is 0 Å².